The number of carbonyl (C=O) groups is 1. The molecule has 4 aromatic rings. The van der Waals surface area contributed by atoms with E-state index in [-0.39, 0.29) is 12.5 Å². The zero-order valence-corrected chi connectivity index (χ0v) is 16.2. The molecule has 146 valence electrons. The molecule has 0 atom stereocenters. The summed E-state index contributed by atoms with van der Waals surface area (Å²) in [6.07, 6.45) is 0. The molecule has 4 rings (SSSR count). The van der Waals surface area contributed by atoms with E-state index < -0.39 is 5.63 Å². The molecule has 0 aliphatic heterocycles. The van der Waals surface area contributed by atoms with E-state index in [0.717, 1.165) is 10.9 Å². The number of methoxy groups -OCH3 is 1. The Labute approximate surface area is 169 Å². The molecule has 0 aliphatic rings. The van der Waals surface area contributed by atoms with Gasteiger partial charge in [-0.05, 0) is 30.3 Å². The molecule has 2 aromatic heterocycles. The molecular formula is C21H16N2O5S. The van der Waals surface area contributed by atoms with Gasteiger partial charge >= 0.3 is 5.63 Å². The predicted octanol–water partition coefficient (Wildman–Crippen LogP) is 3.94. The van der Waals surface area contributed by atoms with Crippen LogP contribution in [0.2, 0.25) is 0 Å². The van der Waals surface area contributed by atoms with Gasteiger partial charge in [0.05, 0.1) is 12.8 Å². The van der Waals surface area contributed by atoms with Gasteiger partial charge in [-0.3, -0.25) is 10.1 Å². The summed E-state index contributed by atoms with van der Waals surface area (Å²) in [6, 6.07) is 15.6. The third-order valence-corrected chi connectivity index (χ3v) is 4.86. The van der Waals surface area contributed by atoms with Crippen LogP contribution < -0.4 is 20.4 Å². The van der Waals surface area contributed by atoms with E-state index in [9.17, 15) is 9.59 Å². The van der Waals surface area contributed by atoms with Gasteiger partial charge in [0.15, 0.2) is 11.7 Å². The zero-order valence-electron chi connectivity index (χ0n) is 15.4. The highest BCUT2D eigenvalue weighted by atomic mass is 32.1. The zero-order chi connectivity index (χ0) is 20.2. The van der Waals surface area contributed by atoms with Crippen LogP contribution in [0.25, 0.3) is 22.2 Å². The number of nitrogens with one attached hydrogen (secondary N) is 1. The van der Waals surface area contributed by atoms with Crippen molar-refractivity contribution in [2.24, 2.45) is 0 Å². The number of fused-ring (bicyclic) bond motifs is 1. The summed E-state index contributed by atoms with van der Waals surface area (Å²) in [5.74, 6) is 0.790. The number of anilines is 1. The van der Waals surface area contributed by atoms with E-state index in [4.69, 9.17) is 13.9 Å². The Morgan fingerprint density at radius 1 is 1.17 bits per heavy atom. The van der Waals surface area contributed by atoms with Gasteiger partial charge in [-0.2, -0.15) is 0 Å². The van der Waals surface area contributed by atoms with Gasteiger partial charge in [0.1, 0.15) is 17.1 Å². The summed E-state index contributed by atoms with van der Waals surface area (Å²) in [5, 5.41) is 5.80. The molecule has 0 aliphatic carbocycles. The van der Waals surface area contributed by atoms with Gasteiger partial charge in [0, 0.05) is 28.5 Å². The normalized spacial score (nSPS) is 10.7. The van der Waals surface area contributed by atoms with Gasteiger partial charge < -0.3 is 13.9 Å². The van der Waals surface area contributed by atoms with Crippen molar-refractivity contribution in [3.8, 4) is 22.8 Å². The Balaban J connectivity index is 1.40. The van der Waals surface area contributed by atoms with Gasteiger partial charge in [0.25, 0.3) is 5.91 Å². The quantitative estimate of drug-likeness (QED) is 0.486. The molecule has 8 heteroatoms. The minimum absolute atomic E-state index is 0.202. The molecule has 0 fully saturated rings. The predicted molar refractivity (Wildman–Crippen MR) is 111 cm³/mol. The SMILES string of the molecule is COc1ccccc1-c1csc(NC(=O)COc2ccc3ccc(=O)oc3c2)n1. The van der Waals surface area contributed by atoms with E-state index in [1.807, 2.05) is 29.6 Å². The molecular weight excluding hydrogens is 392 g/mol. The first-order chi connectivity index (χ1) is 14.1. The van der Waals surface area contributed by atoms with Crippen LogP contribution in [0.15, 0.2) is 69.2 Å². The van der Waals surface area contributed by atoms with Crippen molar-refractivity contribution in [1.82, 2.24) is 4.98 Å². The van der Waals surface area contributed by atoms with Crippen LogP contribution in [0.5, 0.6) is 11.5 Å². The molecule has 1 N–H and O–H groups in total. The van der Waals surface area contributed by atoms with Crippen LogP contribution in [0, 0.1) is 0 Å². The highest BCUT2D eigenvalue weighted by Gasteiger charge is 2.12. The number of thiazole rings is 1. The first-order valence-electron chi connectivity index (χ1n) is 8.68. The largest absolute Gasteiger partial charge is 0.496 e. The highest BCUT2D eigenvalue weighted by molar-refractivity contribution is 7.14. The van der Waals surface area contributed by atoms with Gasteiger partial charge in [-0.1, -0.05) is 12.1 Å². The summed E-state index contributed by atoms with van der Waals surface area (Å²) in [5.41, 5.74) is 1.52. The third kappa shape index (κ3) is 4.27. The van der Waals surface area contributed by atoms with Crippen molar-refractivity contribution >= 4 is 33.3 Å². The second-order valence-corrected chi connectivity index (χ2v) is 6.89. The summed E-state index contributed by atoms with van der Waals surface area (Å²) < 4.78 is 16.0. The van der Waals surface area contributed by atoms with Gasteiger partial charge in [-0.25, -0.2) is 9.78 Å². The topological polar surface area (TPSA) is 90.7 Å². The van der Waals surface area contributed by atoms with Gasteiger partial charge in [0.2, 0.25) is 0 Å². The molecule has 0 radical (unpaired) electrons. The Kier molecular flexibility index (Phi) is 5.26. The van der Waals surface area contributed by atoms with E-state index in [1.54, 1.807) is 31.4 Å². The average molecular weight is 408 g/mol. The lowest BCUT2D eigenvalue weighted by molar-refractivity contribution is -0.118. The molecule has 2 aromatic carbocycles. The molecule has 29 heavy (non-hydrogen) atoms. The number of aromatic nitrogens is 1. The monoisotopic (exact) mass is 408 g/mol. The Bertz CT molecular complexity index is 1230. The molecule has 0 unspecified atom stereocenters. The van der Waals surface area contributed by atoms with Crippen molar-refractivity contribution in [3.63, 3.8) is 0 Å². The van der Waals surface area contributed by atoms with Crippen molar-refractivity contribution in [1.29, 1.82) is 0 Å². The molecule has 2 heterocycles. The molecule has 1 amide bonds. The standard InChI is InChI=1S/C21H16N2O5S/c1-26-17-5-3-2-4-15(17)16-12-29-21(22-16)23-19(24)11-27-14-8-6-13-7-9-20(25)28-18(13)10-14/h2-10,12H,11H2,1H3,(H,22,23,24). The third-order valence-electron chi connectivity index (χ3n) is 4.10. The fourth-order valence-electron chi connectivity index (χ4n) is 2.75. The van der Waals surface area contributed by atoms with Crippen molar-refractivity contribution in [2.75, 3.05) is 19.0 Å². The summed E-state index contributed by atoms with van der Waals surface area (Å²) in [7, 11) is 1.60. The van der Waals surface area contributed by atoms with Crippen molar-refractivity contribution in [3.05, 3.63) is 70.4 Å². The van der Waals surface area contributed by atoms with E-state index in [0.29, 0.717) is 27.9 Å². The first-order valence-corrected chi connectivity index (χ1v) is 9.56. The second kappa shape index (κ2) is 8.15. The van der Waals surface area contributed by atoms with Gasteiger partial charge in [-0.15, -0.1) is 11.3 Å². The number of nitrogens with zero attached hydrogens (tertiary/aromatic N) is 1. The molecule has 7 nitrogen and oxygen atoms in total. The Hall–Kier alpha value is -3.65. The maximum atomic E-state index is 12.2. The van der Waals surface area contributed by atoms with Crippen LogP contribution in [0.3, 0.4) is 0 Å². The number of amides is 1. The van der Waals surface area contributed by atoms with Crippen molar-refractivity contribution < 1.29 is 18.7 Å². The lowest BCUT2D eigenvalue weighted by atomic mass is 10.1. The first kappa shape index (κ1) is 18.7. The summed E-state index contributed by atoms with van der Waals surface area (Å²) in [4.78, 5) is 28.0. The minimum atomic E-state index is -0.443. The molecule has 0 saturated heterocycles. The maximum absolute atomic E-state index is 12.2. The maximum Gasteiger partial charge on any atom is 0.336 e. The number of para-hydroxylation sites is 1. The average Bonchev–Trinajstić information content (AvgIpc) is 3.20. The molecule has 0 bridgehead atoms. The number of ether oxygens (including phenoxy) is 2. The van der Waals surface area contributed by atoms with E-state index in [1.165, 1.54) is 17.4 Å². The summed E-state index contributed by atoms with van der Waals surface area (Å²) in [6.45, 7) is -0.202. The smallest absolute Gasteiger partial charge is 0.336 e. The summed E-state index contributed by atoms with van der Waals surface area (Å²) >= 11 is 1.31. The fourth-order valence-corrected chi connectivity index (χ4v) is 3.47. The van der Waals surface area contributed by atoms with Crippen LogP contribution in [0.4, 0.5) is 5.13 Å². The molecule has 0 saturated carbocycles. The van der Waals surface area contributed by atoms with Crippen LogP contribution in [-0.4, -0.2) is 24.6 Å². The second-order valence-electron chi connectivity index (χ2n) is 6.03. The lowest BCUT2D eigenvalue weighted by Crippen LogP contribution is -2.20. The minimum Gasteiger partial charge on any atom is -0.496 e. The number of hydrogen-bond donors (Lipinski definition) is 1. The van der Waals surface area contributed by atoms with Crippen LogP contribution in [-0.2, 0) is 4.79 Å². The van der Waals surface area contributed by atoms with Crippen LogP contribution in [0.1, 0.15) is 0 Å². The fraction of sp³-hybridized carbons (Fsp3) is 0.0952. The lowest BCUT2D eigenvalue weighted by Gasteiger charge is -2.07. The Morgan fingerprint density at radius 3 is 2.86 bits per heavy atom. The number of rotatable bonds is 6. The van der Waals surface area contributed by atoms with E-state index >= 15 is 0 Å². The molecule has 0 spiro atoms. The van der Waals surface area contributed by atoms with E-state index in [2.05, 4.69) is 10.3 Å². The van der Waals surface area contributed by atoms with Crippen LogP contribution >= 0.6 is 11.3 Å². The Morgan fingerprint density at radius 2 is 2.00 bits per heavy atom. The number of carbonyl (C=O) groups excluding carboxylic acids is 1. The number of hydrogen-bond acceptors (Lipinski definition) is 7. The highest BCUT2D eigenvalue weighted by Crippen LogP contribution is 2.31. The van der Waals surface area contributed by atoms with Crippen molar-refractivity contribution in [2.45, 2.75) is 0 Å². The number of benzene rings is 2.